The summed E-state index contributed by atoms with van der Waals surface area (Å²) in [6.07, 6.45) is 3.81. The number of carbonyl (C=O) groups is 1. The molecule has 0 saturated heterocycles. The van der Waals surface area contributed by atoms with Gasteiger partial charge in [0.15, 0.2) is 5.69 Å². The average Bonchev–Trinajstić information content (AvgIpc) is 2.29. The molecule has 1 aromatic rings. The largest absolute Gasteiger partial charge is 0.473 e. The van der Waals surface area contributed by atoms with E-state index in [0.717, 1.165) is 5.56 Å². The SMILES string of the molecule is CCOC(=O)c1ccc2c(n1)OCC=C2. The van der Waals surface area contributed by atoms with Crippen LogP contribution < -0.4 is 4.74 Å². The van der Waals surface area contributed by atoms with Crippen molar-refractivity contribution in [1.82, 2.24) is 4.98 Å². The van der Waals surface area contributed by atoms with E-state index < -0.39 is 5.97 Å². The highest BCUT2D eigenvalue weighted by Gasteiger charge is 2.13. The summed E-state index contributed by atoms with van der Waals surface area (Å²) in [4.78, 5) is 15.5. The number of hydrogen-bond donors (Lipinski definition) is 0. The summed E-state index contributed by atoms with van der Waals surface area (Å²) in [7, 11) is 0. The standard InChI is InChI=1S/C11H11NO3/c1-2-14-11(13)9-6-5-8-4-3-7-15-10(8)12-9/h3-6H,2,7H2,1H3. The number of aromatic nitrogens is 1. The number of fused-ring (bicyclic) bond motifs is 1. The third kappa shape index (κ3) is 1.98. The molecule has 0 saturated carbocycles. The smallest absolute Gasteiger partial charge is 0.357 e. The number of pyridine rings is 1. The van der Waals surface area contributed by atoms with Gasteiger partial charge in [0.25, 0.3) is 0 Å². The van der Waals surface area contributed by atoms with Gasteiger partial charge in [0.05, 0.1) is 6.61 Å². The van der Waals surface area contributed by atoms with Gasteiger partial charge in [0.2, 0.25) is 5.88 Å². The molecule has 0 aliphatic carbocycles. The summed E-state index contributed by atoms with van der Waals surface area (Å²) in [5, 5.41) is 0. The lowest BCUT2D eigenvalue weighted by Gasteiger charge is -2.11. The Hall–Kier alpha value is -1.84. The quantitative estimate of drug-likeness (QED) is 0.689. The van der Waals surface area contributed by atoms with Crippen molar-refractivity contribution in [2.75, 3.05) is 13.2 Å². The number of nitrogens with zero attached hydrogens (tertiary/aromatic N) is 1. The van der Waals surface area contributed by atoms with Crippen LogP contribution in [0.25, 0.3) is 6.08 Å². The fourth-order valence-corrected chi connectivity index (χ4v) is 1.31. The molecule has 4 heteroatoms. The van der Waals surface area contributed by atoms with Crippen molar-refractivity contribution in [3.8, 4) is 5.88 Å². The van der Waals surface area contributed by atoms with Gasteiger partial charge in [-0.1, -0.05) is 6.08 Å². The minimum atomic E-state index is -0.418. The fraction of sp³-hybridized carbons (Fsp3) is 0.273. The Morgan fingerprint density at radius 2 is 2.47 bits per heavy atom. The molecule has 4 nitrogen and oxygen atoms in total. The molecule has 1 aliphatic rings. The first-order valence-corrected chi connectivity index (χ1v) is 4.78. The molecule has 0 spiro atoms. The van der Waals surface area contributed by atoms with Crippen LogP contribution in [0.4, 0.5) is 0 Å². The fourth-order valence-electron chi connectivity index (χ4n) is 1.31. The molecule has 15 heavy (non-hydrogen) atoms. The Kier molecular flexibility index (Phi) is 2.67. The Balaban J connectivity index is 2.28. The predicted molar refractivity (Wildman–Crippen MR) is 54.7 cm³/mol. The van der Waals surface area contributed by atoms with Crippen LogP contribution in [0.2, 0.25) is 0 Å². The van der Waals surface area contributed by atoms with Gasteiger partial charge in [0.1, 0.15) is 6.61 Å². The van der Waals surface area contributed by atoms with E-state index in [2.05, 4.69) is 4.98 Å². The molecule has 78 valence electrons. The van der Waals surface area contributed by atoms with Crippen LogP contribution in [0.3, 0.4) is 0 Å². The molecule has 0 atom stereocenters. The van der Waals surface area contributed by atoms with E-state index in [1.54, 1.807) is 19.1 Å². The van der Waals surface area contributed by atoms with E-state index in [1.807, 2.05) is 12.2 Å². The van der Waals surface area contributed by atoms with E-state index >= 15 is 0 Å². The molecular formula is C11H11NO3. The predicted octanol–water partition coefficient (Wildman–Crippen LogP) is 1.66. The zero-order valence-corrected chi connectivity index (χ0v) is 8.40. The summed E-state index contributed by atoms with van der Waals surface area (Å²) < 4.78 is 10.1. The van der Waals surface area contributed by atoms with Gasteiger partial charge in [-0.3, -0.25) is 0 Å². The second-order valence-electron chi connectivity index (χ2n) is 3.02. The number of rotatable bonds is 2. The van der Waals surface area contributed by atoms with Crippen molar-refractivity contribution in [2.45, 2.75) is 6.92 Å². The van der Waals surface area contributed by atoms with Gasteiger partial charge in [0, 0.05) is 5.56 Å². The van der Waals surface area contributed by atoms with E-state index in [4.69, 9.17) is 9.47 Å². The number of esters is 1. The van der Waals surface area contributed by atoms with Crippen LogP contribution in [-0.4, -0.2) is 24.2 Å². The van der Waals surface area contributed by atoms with E-state index in [-0.39, 0.29) is 5.69 Å². The summed E-state index contributed by atoms with van der Waals surface area (Å²) >= 11 is 0. The summed E-state index contributed by atoms with van der Waals surface area (Å²) in [6.45, 7) is 2.60. The molecule has 2 heterocycles. The maximum absolute atomic E-state index is 11.4. The minimum Gasteiger partial charge on any atom is -0.473 e. The molecule has 0 aromatic carbocycles. The van der Waals surface area contributed by atoms with Crippen LogP contribution in [0.15, 0.2) is 18.2 Å². The highest BCUT2D eigenvalue weighted by Crippen LogP contribution is 2.21. The summed E-state index contributed by atoms with van der Waals surface area (Å²) in [5.41, 5.74) is 1.17. The molecule has 0 amide bonds. The maximum Gasteiger partial charge on any atom is 0.357 e. The van der Waals surface area contributed by atoms with Crippen LogP contribution in [0.5, 0.6) is 5.88 Å². The molecule has 0 unspecified atom stereocenters. The number of ether oxygens (including phenoxy) is 2. The maximum atomic E-state index is 11.4. The van der Waals surface area contributed by atoms with Crippen molar-refractivity contribution < 1.29 is 14.3 Å². The lowest BCUT2D eigenvalue weighted by molar-refractivity contribution is 0.0518. The first kappa shape index (κ1) is 9.71. The van der Waals surface area contributed by atoms with E-state index in [0.29, 0.717) is 19.1 Å². The van der Waals surface area contributed by atoms with Crippen molar-refractivity contribution >= 4 is 12.0 Å². The minimum absolute atomic E-state index is 0.283. The lowest BCUT2D eigenvalue weighted by Crippen LogP contribution is -2.10. The third-order valence-corrected chi connectivity index (χ3v) is 1.99. The van der Waals surface area contributed by atoms with Gasteiger partial charge in [-0.15, -0.1) is 0 Å². The summed E-state index contributed by atoms with van der Waals surface area (Å²) in [5.74, 6) is 0.0708. The van der Waals surface area contributed by atoms with Crippen LogP contribution in [-0.2, 0) is 4.74 Å². The first-order chi connectivity index (χ1) is 7.31. The van der Waals surface area contributed by atoms with Crippen molar-refractivity contribution in [1.29, 1.82) is 0 Å². The highest BCUT2D eigenvalue weighted by molar-refractivity contribution is 5.87. The zero-order valence-electron chi connectivity index (χ0n) is 8.40. The Labute approximate surface area is 87.5 Å². The average molecular weight is 205 g/mol. The first-order valence-electron chi connectivity index (χ1n) is 4.78. The second kappa shape index (κ2) is 4.13. The Bertz CT molecular complexity index is 412. The second-order valence-corrected chi connectivity index (χ2v) is 3.02. The highest BCUT2D eigenvalue weighted by atomic mass is 16.5. The topological polar surface area (TPSA) is 48.4 Å². The molecule has 0 N–H and O–H groups in total. The third-order valence-electron chi connectivity index (χ3n) is 1.99. The normalized spacial score (nSPS) is 12.9. The van der Waals surface area contributed by atoms with E-state index in [9.17, 15) is 4.79 Å². The number of hydrogen-bond acceptors (Lipinski definition) is 4. The monoisotopic (exact) mass is 205 g/mol. The van der Waals surface area contributed by atoms with Crippen LogP contribution in [0, 0.1) is 0 Å². The Morgan fingerprint density at radius 3 is 3.27 bits per heavy atom. The van der Waals surface area contributed by atoms with Crippen LogP contribution >= 0.6 is 0 Å². The summed E-state index contributed by atoms with van der Waals surface area (Å²) in [6, 6.07) is 3.43. The molecule has 1 aliphatic heterocycles. The van der Waals surface area contributed by atoms with Gasteiger partial charge < -0.3 is 9.47 Å². The zero-order chi connectivity index (χ0) is 10.7. The molecule has 0 fully saturated rings. The molecule has 0 radical (unpaired) electrons. The molecule has 1 aromatic heterocycles. The van der Waals surface area contributed by atoms with Gasteiger partial charge in [-0.25, -0.2) is 9.78 Å². The molecular weight excluding hydrogens is 194 g/mol. The molecule has 2 rings (SSSR count). The van der Waals surface area contributed by atoms with Gasteiger partial charge >= 0.3 is 5.97 Å². The van der Waals surface area contributed by atoms with Gasteiger partial charge in [-0.05, 0) is 25.1 Å². The lowest BCUT2D eigenvalue weighted by atomic mass is 10.2. The number of carbonyl (C=O) groups excluding carboxylic acids is 1. The van der Waals surface area contributed by atoms with Crippen molar-refractivity contribution in [3.63, 3.8) is 0 Å². The van der Waals surface area contributed by atoms with Crippen molar-refractivity contribution in [2.24, 2.45) is 0 Å². The molecule has 0 bridgehead atoms. The Morgan fingerprint density at radius 1 is 1.60 bits per heavy atom. The van der Waals surface area contributed by atoms with Crippen LogP contribution in [0.1, 0.15) is 23.0 Å². The van der Waals surface area contributed by atoms with E-state index in [1.165, 1.54) is 0 Å². The van der Waals surface area contributed by atoms with Gasteiger partial charge in [-0.2, -0.15) is 0 Å². The van der Waals surface area contributed by atoms with Crippen molar-refractivity contribution in [3.05, 3.63) is 29.5 Å².